The molecule has 1 amide bonds. The van der Waals surface area contributed by atoms with Gasteiger partial charge in [0.05, 0.1) is 11.1 Å². The van der Waals surface area contributed by atoms with Crippen molar-refractivity contribution in [1.29, 1.82) is 10.5 Å². The second-order valence-electron chi connectivity index (χ2n) is 5.19. The van der Waals surface area contributed by atoms with E-state index in [9.17, 15) is 15.3 Å². The molecule has 0 spiro atoms. The maximum absolute atomic E-state index is 12.2. The van der Waals surface area contributed by atoms with Crippen LogP contribution < -0.4 is 10.6 Å². The Morgan fingerprint density at radius 2 is 1.96 bits per heavy atom. The molecule has 7 heteroatoms. The van der Waals surface area contributed by atoms with Crippen molar-refractivity contribution in [3.8, 4) is 12.1 Å². The Balaban J connectivity index is 2.84. The molecule has 1 atom stereocenters. The molecule has 0 aliphatic carbocycles. The maximum Gasteiger partial charge on any atom is 0.235 e. The van der Waals surface area contributed by atoms with E-state index in [0.717, 1.165) is 11.8 Å². The molecule has 6 nitrogen and oxygen atoms in total. The highest BCUT2D eigenvalue weighted by molar-refractivity contribution is 8.00. The first-order chi connectivity index (χ1) is 14.9. The molecular weight excluding hydrogens is 346 g/mol. The minimum atomic E-state index is -3.16. The maximum atomic E-state index is 12.2. The van der Waals surface area contributed by atoms with E-state index in [0.29, 0.717) is 5.56 Å². The second kappa shape index (κ2) is 8.37. The first-order valence-electron chi connectivity index (χ1n) is 10.5. The van der Waals surface area contributed by atoms with Gasteiger partial charge in [0.25, 0.3) is 0 Å². The largest absolute Gasteiger partial charge is 0.368 e. The van der Waals surface area contributed by atoms with E-state index in [-0.39, 0.29) is 33.0 Å². The Kier molecular flexibility index (Phi) is 3.97. The smallest absolute Gasteiger partial charge is 0.235 e. The number of thioether (sulfide) groups is 1. The second-order valence-corrected chi connectivity index (χ2v) is 6.29. The molecule has 2 aromatic rings. The summed E-state index contributed by atoms with van der Waals surface area (Å²) in [6, 6.07) is 12.2. The van der Waals surface area contributed by atoms with Gasteiger partial charge in [0.1, 0.15) is 28.2 Å². The molecule has 1 heterocycles. The number of nitrogens with two attached hydrogens (primary N) is 1. The molecule has 0 aliphatic rings. The quantitative estimate of drug-likeness (QED) is 0.783. The average Bonchev–Trinajstić information content (AvgIpc) is 2.69. The number of carbonyl (C=O) groups is 1. The van der Waals surface area contributed by atoms with Crippen LogP contribution in [0.15, 0.2) is 35.4 Å². The first kappa shape index (κ1) is 12.3. The summed E-state index contributed by atoms with van der Waals surface area (Å²) in [5.41, 5.74) is 5.84. The van der Waals surface area contributed by atoms with Crippen molar-refractivity contribution in [2.75, 3.05) is 18.9 Å². The summed E-state index contributed by atoms with van der Waals surface area (Å²) < 4.78 is 46.2. The van der Waals surface area contributed by atoms with Gasteiger partial charge in [-0.1, -0.05) is 49.0 Å². The minimum Gasteiger partial charge on any atom is -0.368 e. The molecule has 0 aliphatic heterocycles. The van der Waals surface area contributed by atoms with E-state index in [1.165, 1.54) is 0 Å². The van der Waals surface area contributed by atoms with Gasteiger partial charge in [0.15, 0.2) is 0 Å². The van der Waals surface area contributed by atoms with Crippen molar-refractivity contribution in [2.24, 2.45) is 5.73 Å². The van der Waals surface area contributed by atoms with E-state index >= 15 is 0 Å². The van der Waals surface area contributed by atoms with Crippen LogP contribution in [0.2, 0.25) is 0 Å². The highest BCUT2D eigenvalue weighted by Gasteiger charge is 2.26. The SMILES string of the molecule is [2H]C([2H])([2H])N(c1nc(SC(C(N)=O)c2ccccc2)c(C#N)c(CC)c1C#N)C([2H])([2H])[2H]. The summed E-state index contributed by atoms with van der Waals surface area (Å²) >= 11 is 0.791. The third-order valence-electron chi connectivity index (χ3n) is 3.63. The summed E-state index contributed by atoms with van der Waals surface area (Å²) in [6.45, 7) is -4.69. The van der Waals surface area contributed by atoms with Gasteiger partial charge in [-0.15, -0.1) is 0 Å². The Labute approximate surface area is 165 Å². The normalized spacial score (nSPS) is 15.7. The molecule has 2 rings (SSSR count). The number of anilines is 1. The van der Waals surface area contributed by atoms with E-state index in [4.69, 9.17) is 14.0 Å². The molecule has 1 aromatic heterocycles. The summed E-state index contributed by atoms with van der Waals surface area (Å²) in [6.07, 6.45) is 0.122. The number of pyridine rings is 1. The first-order valence-corrected chi connectivity index (χ1v) is 8.43. The van der Waals surface area contributed by atoms with Gasteiger partial charge in [-0.25, -0.2) is 4.98 Å². The number of aromatic nitrogens is 1. The van der Waals surface area contributed by atoms with Crippen molar-refractivity contribution in [3.05, 3.63) is 52.6 Å². The third-order valence-corrected chi connectivity index (χ3v) is 4.89. The molecule has 2 N–H and O–H groups in total. The summed E-state index contributed by atoms with van der Waals surface area (Å²) in [5, 5.41) is 18.4. The summed E-state index contributed by atoms with van der Waals surface area (Å²) in [7, 11) is 0. The van der Waals surface area contributed by atoms with Crippen LogP contribution in [0, 0.1) is 22.7 Å². The number of amides is 1. The van der Waals surface area contributed by atoms with Gasteiger partial charge in [0, 0.05) is 22.2 Å². The summed E-state index contributed by atoms with van der Waals surface area (Å²) in [4.78, 5) is 16.4. The van der Waals surface area contributed by atoms with Gasteiger partial charge >= 0.3 is 0 Å². The van der Waals surface area contributed by atoms with Gasteiger partial charge in [-0.3, -0.25) is 4.79 Å². The lowest BCUT2D eigenvalue weighted by Crippen LogP contribution is -2.20. The number of hydrogen-bond donors (Lipinski definition) is 1. The highest BCUT2D eigenvalue weighted by Crippen LogP contribution is 2.39. The highest BCUT2D eigenvalue weighted by atomic mass is 32.2. The summed E-state index contributed by atoms with van der Waals surface area (Å²) in [5.74, 6) is -1.35. The third kappa shape index (κ3) is 3.79. The lowest BCUT2D eigenvalue weighted by molar-refractivity contribution is -0.117. The fourth-order valence-corrected chi connectivity index (χ4v) is 3.52. The van der Waals surface area contributed by atoms with Crippen molar-refractivity contribution in [2.45, 2.75) is 23.6 Å². The fraction of sp³-hybridized carbons (Fsp3) is 0.263. The average molecular weight is 371 g/mol. The topological polar surface area (TPSA) is 107 Å². The van der Waals surface area contributed by atoms with Crippen molar-refractivity contribution in [3.63, 3.8) is 0 Å². The molecule has 0 saturated heterocycles. The van der Waals surface area contributed by atoms with Crippen LogP contribution >= 0.6 is 11.8 Å². The zero-order valence-corrected chi connectivity index (χ0v) is 14.7. The van der Waals surface area contributed by atoms with Gasteiger partial charge in [-0.2, -0.15) is 10.5 Å². The lowest BCUT2D eigenvalue weighted by Gasteiger charge is -2.20. The number of primary amides is 1. The number of nitriles is 2. The fourth-order valence-electron chi connectivity index (χ4n) is 2.46. The van der Waals surface area contributed by atoms with E-state index in [2.05, 4.69) is 4.98 Å². The van der Waals surface area contributed by atoms with Gasteiger partial charge in [-0.05, 0) is 17.5 Å². The van der Waals surface area contributed by atoms with Crippen LogP contribution in [-0.4, -0.2) is 24.8 Å². The Bertz CT molecular complexity index is 1080. The van der Waals surface area contributed by atoms with Crippen molar-refractivity contribution < 1.29 is 13.0 Å². The Hall–Kier alpha value is -3.03. The van der Waals surface area contributed by atoms with E-state index in [1.54, 1.807) is 43.3 Å². The number of rotatable bonds is 6. The van der Waals surface area contributed by atoms with Crippen molar-refractivity contribution in [1.82, 2.24) is 4.98 Å². The number of carbonyl (C=O) groups excluding carboxylic acids is 1. The molecule has 0 saturated carbocycles. The van der Waals surface area contributed by atoms with Crippen LogP contribution in [0.1, 0.15) is 42.7 Å². The standard InChI is InChI=1S/C19H19N5OS/c1-4-13-14(10-20)18(24(2)3)23-19(15(13)11-21)26-16(17(22)25)12-8-6-5-7-9-12/h5-9,16H,4H2,1-3H3,(H2,22,25)/i2D3,3D3. The zero-order valence-electron chi connectivity index (χ0n) is 19.9. The number of hydrogen-bond acceptors (Lipinski definition) is 6. The molecular formula is C19H19N5OS. The molecule has 0 bridgehead atoms. The lowest BCUT2D eigenvalue weighted by atomic mass is 10.0. The molecule has 0 fully saturated rings. The Morgan fingerprint density at radius 1 is 1.31 bits per heavy atom. The van der Waals surface area contributed by atoms with Gasteiger partial charge < -0.3 is 10.6 Å². The molecule has 0 radical (unpaired) electrons. The Morgan fingerprint density at radius 3 is 2.46 bits per heavy atom. The van der Waals surface area contributed by atoms with E-state index < -0.39 is 30.9 Å². The van der Waals surface area contributed by atoms with Gasteiger partial charge in [0.2, 0.25) is 5.91 Å². The molecule has 1 aromatic carbocycles. The van der Waals surface area contributed by atoms with E-state index in [1.807, 2.05) is 6.07 Å². The van der Waals surface area contributed by atoms with Crippen LogP contribution in [0.25, 0.3) is 0 Å². The van der Waals surface area contributed by atoms with Crippen LogP contribution in [0.5, 0.6) is 0 Å². The number of nitrogens with zero attached hydrogens (tertiary/aromatic N) is 4. The van der Waals surface area contributed by atoms with Crippen LogP contribution in [-0.2, 0) is 11.2 Å². The number of benzene rings is 1. The van der Waals surface area contributed by atoms with Crippen LogP contribution in [0.3, 0.4) is 0 Å². The molecule has 1 unspecified atom stereocenters. The molecule has 26 heavy (non-hydrogen) atoms. The van der Waals surface area contributed by atoms with Crippen molar-refractivity contribution >= 4 is 23.5 Å². The molecule has 132 valence electrons. The predicted octanol–water partition coefficient (Wildman–Crippen LogP) is 2.77. The zero-order chi connectivity index (χ0) is 24.3. The van der Waals surface area contributed by atoms with Crippen LogP contribution in [0.4, 0.5) is 5.82 Å². The monoisotopic (exact) mass is 371 g/mol. The predicted molar refractivity (Wildman–Crippen MR) is 102 cm³/mol. The minimum absolute atomic E-state index is 0.0454.